The largest absolute Gasteiger partial charge is 0.351 e. The first-order valence-electron chi connectivity index (χ1n) is 7.28. The van der Waals surface area contributed by atoms with Crippen LogP contribution in [0.15, 0.2) is 46.3 Å². The van der Waals surface area contributed by atoms with E-state index in [2.05, 4.69) is 22.2 Å². The molecule has 0 radical (unpaired) electrons. The summed E-state index contributed by atoms with van der Waals surface area (Å²) >= 11 is 2.94. The van der Waals surface area contributed by atoms with Gasteiger partial charge in [0.05, 0.1) is 11.4 Å². The summed E-state index contributed by atoms with van der Waals surface area (Å²) in [5.41, 5.74) is 1.61. The molecule has 0 unspecified atom stereocenters. The van der Waals surface area contributed by atoms with Crippen LogP contribution in [0.2, 0.25) is 0 Å². The molecule has 0 spiro atoms. The second-order valence-electron chi connectivity index (χ2n) is 4.73. The predicted octanol–water partition coefficient (Wildman–Crippen LogP) is 2.43. The van der Waals surface area contributed by atoms with Crippen molar-refractivity contribution in [3.63, 3.8) is 0 Å². The molecule has 1 aromatic carbocycles. The molecule has 122 valence electrons. The predicted molar refractivity (Wildman–Crippen MR) is 95.7 cm³/mol. The van der Waals surface area contributed by atoms with Crippen LogP contribution >= 0.6 is 23.5 Å². The van der Waals surface area contributed by atoms with Crippen molar-refractivity contribution in [1.29, 1.82) is 0 Å². The second kappa shape index (κ2) is 9.42. The Morgan fingerprint density at radius 3 is 2.83 bits per heavy atom. The number of carbonyl (C=O) groups is 1. The van der Waals surface area contributed by atoms with E-state index in [0.29, 0.717) is 17.5 Å². The molecule has 2 rings (SSSR count). The summed E-state index contributed by atoms with van der Waals surface area (Å²) in [7, 11) is 0. The van der Waals surface area contributed by atoms with E-state index in [4.69, 9.17) is 0 Å². The maximum absolute atomic E-state index is 11.9. The highest BCUT2D eigenvalue weighted by Gasteiger charge is 2.06. The minimum Gasteiger partial charge on any atom is -0.351 e. The maximum atomic E-state index is 11.9. The highest BCUT2D eigenvalue weighted by molar-refractivity contribution is 7.99. The molecule has 1 aromatic heterocycles. The van der Waals surface area contributed by atoms with Gasteiger partial charge >= 0.3 is 0 Å². The average molecular weight is 349 g/mol. The van der Waals surface area contributed by atoms with Crippen LogP contribution in [0.5, 0.6) is 0 Å². The summed E-state index contributed by atoms with van der Waals surface area (Å²) in [6.07, 6.45) is 0. The molecule has 1 heterocycles. The van der Waals surface area contributed by atoms with E-state index in [9.17, 15) is 9.59 Å². The maximum Gasteiger partial charge on any atom is 0.251 e. The van der Waals surface area contributed by atoms with Crippen LogP contribution in [0.4, 0.5) is 0 Å². The number of benzene rings is 1. The highest BCUT2D eigenvalue weighted by Crippen LogP contribution is 2.14. The van der Waals surface area contributed by atoms with Gasteiger partial charge in [-0.2, -0.15) is 11.8 Å². The zero-order valence-corrected chi connectivity index (χ0v) is 14.5. The van der Waals surface area contributed by atoms with Crippen molar-refractivity contribution in [2.24, 2.45) is 0 Å². The van der Waals surface area contributed by atoms with Crippen molar-refractivity contribution in [3.8, 4) is 0 Å². The molecule has 2 aromatic rings. The molecule has 2 N–H and O–H groups in total. The van der Waals surface area contributed by atoms with Crippen molar-refractivity contribution < 1.29 is 4.79 Å². The van der Waals surface area contributed by atoms with E-state index in [1.165, 1.54) is 17.8 Å². The van der Waals surface area contributed by atoms with Crippen LogP contribution in [0.3, 0.4) is 0 Å². The van der Waals surface area contributed by atoms with Gasteiger partial charge in [0.15, 0.2) is 5.16 Å². The minimum absolute atomic E-state index is 0.0881. The summed E-state index contributed by atoms with van der Waals surface area (Å²) in [5, 5.41) is 3.33. The van der Waals surface area contributed by atoms with Gasteiger partial charge in [0.25, 0.3) is 5.56 Å². The molecule has 0 aliphatic carbocycles. The molecule has 0 atom stereocenters. The Hall–Kier alpha value is -1.73. The summed E-state index contributed by atoms with van der Waals surface area (Å²) < 4.78 is 0. The summed E-state index contributed by atoms with van der Waals surface area (Å²) in [6, 6.07) is 11.2. The van der Waals surface area contributed by atoms with Gasteiger partial charge in [0.1, 0.15) is 0 Å². The first-order valence-corrected chi connectivity index (χ1v) is 9.43. The lowest BCUT2D eigenvalue weighted by Gasteiger charge is -2.06. The molecule has 0 aliphatic rings. The van der Waals surface area contributed by atoms with Gasteiger partial charge in [-0.3, -0.25) is 9.59 Å². The van der Waals surface area contributed by atoms with Gasteiger partial charge < -0.3 is 10.3 Å². The number of rotatable bonds is 8. The van der Waals surface area contributed by atoms with Crippen molar-refractivity contribution in [2.75, 3.05) is 11.5 Å². The zero-order valence-electron chi connectivity index (χ0n) is 12.9. The number of carbonyl (C=O) groups excluding carboxylic acids is 1. The Bertz CT molecular complexity index is 689. The van der Waals surface area contributed by atoms with Crippen molar-refractivity contribution in [1.82, 2.24) is 15.3 Å². The van der Waals surface area contributed by atoms with Crippen LogP contribution < -0.4 is 10.9 Å². The van der Waals surface area contributed by atoms with Crippen LogP contribution in [-0.2, 0) is 17.1 Å². The topological polar surface area (TPSA) is 74.8 Å². The first kappa shape index (κ1) is 17.6. The van der Waals surface area contributed by atoms with Gasteiger partial charge in [-0.1, -0.05) is 49.0 Å². The fourth-order valence-corrected chi connectivity index (χ4v) is 3.10. The lowest BCUT2D eigenvalue weighted by atomic mass is 10.2. The SMILES string of the molecule is CCSCc1cc(=O)[nH]c(SCC(=O)NCc2ccccc2)n1. The molecule has 0 fully saturated rings. The fourth-order valence-electron chi connectivity index (χ4n) is 1.81. The molecular formula is C16H19N3O2S2. The number of hydrogen-bond acceptors (Lipinski definition) is 5. The summed E-state index contributed by atoms with van der Waals surface area (Å²) in [4.78, 5) is 30.5. The van der Waals surface area contributed by atoms with E-state index in [0.717, 1.165) is 17.0 Å². The van der Waals surface area contributed by atoms with Gasteiger partial charge in [0.2, 0.25) is 5.91 Å². The van der Waals surface area contributed by atoms with Crippen LogP contribution in [-0.4, -0.2) is 27.4 Å². The zero-order chi connectivity index (χ0) is 16.5. The van der Waals surface area contributed by atoms with Crippen LogP contribution in [0.1, 0.15) is 18.2 Å². The van der Waals surface area contributed by atoms with Crippen molar-refractivity contribution >= 4 is 29.4 Å². The number of amides is 1. The van der Waals surface area contributed by atoms with E-state index in [1.54, 1.807) is 11.8 Å². The second-order valence-corrected chi connectivity index (χ2v) is 6.97. The Morgan fingerprint density at radius 1 is 1.30 bits per heavy atom. The number of thioether (sulfide) groups is 2. The lowest BCUT2D eigenvalue weighted by molar-refractivity contribution is -0.118. The Morgan fingerprint density at radius 2 is 2.09 bits per heavy atom. The van der Waals surface area contributed by atoms with E-state index >= 15 is 0 Å². The summed E-state index contributed by atoms with van der Waals surface area (Å²) in [6.45, 7) is 2.56. The standard InChI is InChI=1S/C16H19N3O2S2/c1-2-22-10-13-8-14(20)19-16(18-13)23-11-15(21)17-9-12-6-4-3-5-7-12/h3-8H,2,9-11H2,1H3,(H,17,21)(H,18,19,20). The molecule has 5 nitrogen and oxygen atoms in total. The quantitative estimate of drug-likeness (QED) is 0.565. The number of H-pyrrole nitrogens is 1. The number of aromatic amines is 1. The molecule has 1 amide bonds. The van der Waals surface area contributed by atoms with Gasteiger partial charge in [-0.15, -0.1) is 0 Å². The number of aromatic nitrogens is 2. The number of nitrogens with one attached hydrogen (secondary N) is 2. The molecule has 0 aliphatic heterocycles. The Balaban J connectivity index is 1.83. The third-order valence-electron chi connectivity index (χ3n) is 2.90. The van der Waals surface area contributed by atoms with E-state index < -0.39 is 0 Å². The number of hydrogen-bond donors (Lipinski definition) is 2. The average Bonchev–Trinajstić information content (AvgIpc) is 2.57. The first-order chi connectivity index (χ1) is 11.2. The molecule has 0 saturated heterocycles. The van der Waals surface area contributed by atoms with Crippen LogP contribution in [0.25, 0.3) is 0 Å². The smallest absolute Gasteiger partial charge is 0.251 e. The molecule has 0 bridgehead atoms. The molecule has 0 saturated carbocycles. The summed E-state index contributed by atoms with van der Waals surface area (Å²) in [5.74, 6) is 1.81. The normalized spacial score (nSPS) is 10.5. The lowest BCUT2D eigenvalue weighted by Crippen LogP contribution is -2.24. The van der Waals surface area contributed by atoms with E-state index in [1.807, 2.05) is 30.3 Å². The van der Waals surface area contributed by atoms with Crippen LogP contribution in [0, 0.1) is 0 Å². The van der Waals surface area contributed by atoms with Crippen molar-refractivity contribution in [3.05, 3.63) is 58.0 Å². The van der Waals surface area contributed by atoms with Gasteiger partial charge in [-0.25, -0.2) is 4.98 Å². The fraction of sp³-hybridized carbons (Fsp3) is 0.312. The van der Waals surface area contributed by atoms with E-state index in [-0.39, 0.29) is 17.2 Å². The van der Waals surface area contributed by atoms with Gasteiger partial charge in [-0.05, 0) is 11.3 Å². The monoisotopic (exact) mass is 349 g/mol. The third-order valence-corrected chi connectivity index (χ3v) is 4.68. The molecule has 23 heavy (non-hydrogen) atoms. The minimum atomic E-state index is -0.182. The van der Waals surface area contributed by atoms with Gasteiger partial charge in [0, 0.05) is 18.4 Å². The Labute approximate surface area is 143 Å². The highest BCUT2D eigenvalue weighted by atomic mass is 32.2. The van der Waals surface area contributed by atoms with Crippen molar-refractivity contribution in [2.45, 2.75) is 24.4 Å². The number of nitrogens with zero attached hydrogens (tertiary/aromatic N) is 1. The molecule has 7 heteroatoms. The molecular weight excluding hydrogens is 330 g/mol. The Kier molecular flexibility index (Phi) is 7.22. The third kappa shape index (κ3) is 6.50.